The molecule has 0 aliphatic carbocycles. The van der Waals surface area contributed by atoms with Crippen LogP contribution in [0.5, 0.6) is 0 Å². The number of nitrogens with one attached hydrogen (secondary N) is 1. The molecule has 2 N–H and O–H groups in total. The van der Waals surface area contributed by atoms with Crippen LogP contribution in [0.1, 0.15) is 117 Å². The number of carbonyl (C=O) groups excluding carboxylic acids is 1. The summed E-state index contributed by atoms with van der Waals surface area (Å²) < 4.78 is 0. The summed E-state index contributed by atoms with van der Waals surface area (Å²) >= 11 is 0. The molecular formula is C26H50N2O3. The highest BCUT2D eigenvalue weighted by molar-refractivity contribution is 5.82. The number of unbranched alkanes of at least 4 members (excludes halogenated alkanes) is 11. The maximum absolute atomic E-state index is 12.3. The quantitative estimate of drug-likeness (QED) is 0.172. The lowest BCUT2D eigenvalue weighted by molar-refractivity contribution is -0.151. The van der Waals surface area contributed by atoms with Crippen LogP contribution in [0.3, 0.4) is 0 Å². The zero-order chi connectivity index (χ0) is 23.5. The van der Waals surface area contributed by atoms with E-state index in [1.54, 1.807) is 25.9 Å². The lowest BCUT2D eigenvalue weighted by Gasteiger charge is -2.39. The molecule has 0 saturated heterocycles. The van der Waals surface area contributed by atoms with Crippen LogP contribution in [0.25, 0.3) is 0 Å². The summed E-state index contributed by atoms with van der Waals surface area (Å²) in [6, 6.07) is -0.407. The predicted molar refractivity (Wildman–Crippen MR) is 131 cm³/mol. The number of carboxylic acid groups (broad SMARTS) is 1. The Morgan fingerprint density at radius 1 is 0.871 bits per heavy atom. The third kappa shape index (κ3) is 12.9. The van der Waals surface area contributed by atoms with E-state index in [4.69, 9.17) is 0 Å². The van der Waals surface area contributed by atoms with E-state index in [0.717, 1.165) is 25.7 Å². The molecule has 1 amide bonds. The fourth-order valence-corrected chi connectivity index (χ4v) is 3.91. The van der Waals surface area contributed by atoms with E-state index < -0.39 is 17.6 Å². The normalized spacial score (nSPS) is 14.6. The largest absolute Gasteiger partial charge is 0.480 e. The number of carbonyl (C=O) groups is 2. The van der Waals surface area contributed by atoms with Gasteiger partial charge in [0.2, 0.25) is 5.91 Å². The molecular weight excluding hydrogens is 388 g/mol. The Bertz CT molecular complexity index is 505. The summed E-state index contributed by atoms with van der Waals surface area (Å²) in [6.07, 6.45) is 21.7. The minimum atomic E-state index is -1.10. The molecule has 0 aromatic heterocycles. The van der Waals surface area contributed by atoms with Gasteiger partial charge < -0.3 is 10.4 Å². The van der Waals surface area contributed by atoms with Gasteiger partial charge in [0, 0.05) is 6.42 Å². The predicted octanol–water partition coefficient (Wildman–Crippen LogP) is 6.32. The van der Waals surface area contributed by atoms with Crippen molar-refractivity contribution in [3.63, 3.8) is 0 Å². The van der Waals surface area contributed by atoms with Gasteiger partial charge in [0.05, 0.1) is 6.04 Å². The highest BCUT2D eigenvalue weighted by Crippen LogP contribution is 2.20. The van der Waals surface area contributed by atoms with E-state index in [1.165, 1.54) is 57.8 Å². The number of rotatable bonds is 20. The molecule has 0 spiro atoms. The van der Waals surface area contributed by atoms with Crippen LogP contribution in [-0.2, 0) is 9.59 Å². The maximum atomic E-state index is 12.3. The SMILES string of the molecule is CCCCCCCC/C=C\CCCCCCCC(=O)NC(CC)C(C)(C(=O)O)N(C)C. The Morgan fingerprint density at radius 2 is 1.35 bits per heavy atom. The summed E-state index contributed by atoms with van der Waals surface area (Å²) in [7, 11) is 3.49. The molecule has 0 rings (SSSR count). The van der Waals surface area contributed by atoms with Crippen molar-refractivity contribution in [1.82, 2.24) is 10.2 Å². The van der Waals surface area contributed by atoms with Crippen LogP contribution < -0.4 is 5.32 Å². The lowest BCUT2D eigenvalue weighted by atomic mass is 9.88. The van der Waals surface area contributed by atoms with E-state index in [0.29, 0.717) is 12.8 Å². The fourth-order valence-electron chi connectivity index (χ4n) is 3.91. The van der Waals surface area contributed by atoms with Crippen LogP contribution in [0.4, 0.5) is 0 Å². The molecule has 0 radical (unpaired) electrons. The Labute approximate surface area is 192 Å². The van der Waals surface area contributed by atoms with E-state index in [9.17, 15) is 14.7 Å². The molecule has 2 atom stereocenters. The number of amides is 1. The van der Waals surface area contributed by atoms with Gasteiger partial charge in [-0.2, -0.15) is 0 Å². The molecule has 0 bridgehead atoms. The van der Waals surface area contributed by atoms with Crippen molar-refractivity contribution in [2.45, 2.75) is 129 Å². The van der Waals surface area contributed by atoms with Crippen molar-refractivity contribution in [2.75, 3.05) is 14.1 Å². The van der Waals surface area contributed by atoms with E-state index in [1.807, 2.05) is 6.92 Å². The summed E-state index contributed by atoms with van der Waals surface area (Å²) in [4.78, 5) is 25.7. The molecule has 0 aromatic rings. The van der Waals surface area contributed by atoms with Gasteiger partial charge in [0.1, 0.15) is 5.54 Å². The number of aliphatic carboxylic acids is 1. The van der Waals surface area contributed by atoms with Crippen LogP contribution in [0, 0.1) is 0 Å². The first-order chi connectivity index (χ1) is 14.8. The molecule has 0 aliphatic heterocycles. The van der Waals surface area contributed by atoms with Crippen molar-refractivity contribution in [2.24, 2.45) is 0 Å². The number of hydrogen-bond acceptors (Lipinski definition) is 3. The average Bonchev–Trinajstić information content (AvgIpc) is 2.73. The van der Waals surface area contributed by atoms with Gasteiger partial charge in [-0.05, 0) is 59.5 Å². The van der Waals surface area contributed by atoms with Crippen molar-refractivity contribution in [3.05, 3.63) is 12.2 Å². The number of allylic oxidation sites excluding steroid dienone is 2. The average molecular weight is 439 g/mol. The second-order valence-corrected chi connectivity index (χ2v) is 9.21. The van der Waals surface area contributed by atoms with Crippen molar-refractivity contribution in [3.8, 4) is 0 Å². The molecule has 31 heavy (non-hydrogen) atoms. The smallest absolute Gasteiger partial charge is 0.325 e. The zero-order valence-electron chi connectivity index (χ0n) is 21.0. The Balaban J connectivity index is 3.82. The minimum Gasteiger partial charge on any atom is -0.480 e. The summed E-state index contributed by atoms with van der Waals surface area (Å²) in [5.41, 5.74) is -1.10. The monoisotopic (exact) mass is 438 g/mol. The highest BCUT2D eigenvalue weighted by Gasteiger charge is 2.43. The highest BCUT2D eigenvalue weighted by atomic mass is 16.4. The van der Waals surface area contributed by atoms with Gasteiger partial charge in [-0.15, -0.1) is 0 Å². The first-order valence-electron chi connectivity index (χ1n) is 12.7. The second-order valence-electron chi connectivity index (χ2n) is 9.21. The summed E-state index contributed by atoms with van der Waals surface area (Å²) in [6.45, 7) is 5.84. The van der Waals surface area contributed by atoms with Gasteiger partial charge in [0.25, 0.3) is 0 Å². The standard InChI is InChI=1S/C26H50N2O3/c1-6-8-9-10-11-12-13-14-15-16-17-18-19-20-21-22-24(29)27-23(7-2)26(3,25(30)31)28(4)5/h14-15,23H,6-13,16-22H2,1-5H3,(H,27,29)(H,30,31)/b15-14-. The van der Waals surface area contributed by atoms with Gasteiger partial charge in [-0.1, -0.05) is 77.4 Å². The molecule has 0 fully saturated rings. The number of carboxylic acids is 1. The topological polar surface area (TPSA) is 69.6 Å². The maximum Gasteiger partial charge on any atom is 0.325 e. The minimum absolute atomic E-state index is 0.0428. The lowest BCUT2D eigenvalue weighted by Crippen LogP contribution is -2.62. The van der Waals surface area contributed by atoms with Crippen LogP contribution in [-0.4, -0.2) is 47.6 Å². The first kappa shape index (κ1) is 29.6. The van der Waals surface area contributed by atoms with Crippen molar-refractivity contribution < 1.29 is 14.7 Å². The van der Waals surface area contributed by atoms with Crippen LogP contribution in [0.15, 0.2) is 12.2 Å². The Morgan fingerprint density at radius 3 is 1.81 bits per heavy atom. The number of hydrogen-bond donors (Lipinski definition) is 2. The summed E-state index contributed by atoms with van der Waals surface area (Å²) in [5, 5.41) is 12.6. The molecule has 5 nitrogen and oxygen atoms in total. The molecule has 182 valence electrons. The summed E-state index contributed by atoms with van der Waals surface area (Å²) in [5.74, 6) is -0.954. The Kier molecular flexibility index (Phi) is 17.4. The molecule has 2 unspecified atom stereocenters. The van der Waals surface area contributed by atoms with Gasteiger partial charge in [-0.3, -0.25) is 14.5 Å². The van der Waals surface area contributed by atoms with Gasteiger partial charge >= 0.3 is 5.97 Å². The fraction of sp³-hybridized carbons (Fsp3) is 0.846. The van der Waals surface area contributed by atoms with Gasteiger partial charge in [0.15, 0.2) is 0 Å². The Hall–Kier alpha value is -1.36. The number of likely N-dealkylation sites (N-methyl/N-ethyl adjacent to an activating group) is 1. The van der Waals surface area contributed by atoms with E-state index >= 15 is 0 Å². The van der Waals surface area contributed by atoms with Gasteiger partial charge in [-0.25, -0.2) is 0 Å². The van der Waals surface area contributed by atoms with Crippen molar-refractivity contribution in [1.29, 1.82) is 0 Å². The van der Waals surface area contributed by atoms with Crippen LogP contribution in [0.2, 0.25) is 0 Å². The molecule has 0 aromatic carbocycles. The third-order valence-electron chi connectivity index (χ3n) is 6.45. The molecule has 0 heterocycles. The molecule has 0 saturated carbocycles. The third-order valence-corrected chi connectivity index (χ3v) is 6.45. The number of nitrogens with zero attached hydrogens (tertiary/aromatic N) is 1. The van der Waals surface area contributed by atoms with Crippen LogP contribution >= 0.6 is 0 Å². The zero-order valence-corrected chi connectivity index (χ0v) is 21.0. The van der Waals surface area contributed by atoms with Crippen molar-refractivity contribution >= 4 is 11.9 Å². The van der Waals surface area contributed by atoms with E-state index in [2.05, 4.69) is 24.4 Å². The first-order valence-corrected chi connectivity index (χ1v) is 12.7. The van der Waals surface area contributed by atoms with E-state index in [-0.39, 0.29) is 5.91 Å². The molecule has 5 heteroatoms. The second kappa shape index (κ2) is 18.2. The molecule has 0 aliphatic rings.